The van der Waals surface area contributed by atoms with E-state index in [2.05, 4.69) is 0 Å². The molecule has 0 heterocycles. The van der Waals surface area contributed by atoms with Crippen molar-refractivity contribution in [2.75, 3.05) is 13.7 Å². The first-order chi connectivity index (χ1) is 17.1. The van der Waals surface area contributed by atoms with Crippen LogP contribution in [0.5, 0.6) is 5.75 Å². The number of aromatic hydroxyl groups is 1. The van der Waals surface area contributed by atoms with E-state index in [0.29, 0.717) is 10.6 Å². The minimum Gasteiger partial charge on any atom is -0.508 e. The summed E-state index contributed by atoms with van der Waals surface area (Å²) in [4.78, 5) is 26.4. The highest BCUT2D eigenvalue weighted by molar-refractivity contribution is 6.30. The minimum absolute atomic E-state index is 0.102. The molecule has 0 bridgehead atoms. The standard InChI is InChI=1S/C27H30ClNO7/c1-29(24(32)11-4-16-2-9-20(30)10-3-16)22-13-27(26(34)35,14-23(31)25(22)33)36-15-18-12-21(18)17-5-7-19(28)8-6-17/h2-11,18,21-23,25,30-31,33H,12-15H2,1H3,(H,34,35)/b11-4+/t18-,21+,22+,23+,25-,27+/m0/s1. The van der Waals surface area contributed by atoms with Gasteiger partial charge in [0.15, 0.2) is 5.60 Å². The van der Waals surface area contributed by atoms with Crippen LogP contribution in [0.3, 0.4) is 0 Å². The number of aliphatic carboxylic acids is 1. The topological polar surface area (TPSA) is 128 Å². The van der Waals surface area contributed by atoms with Crippen molar-refractivity contribution < 1.29 is 34.8 Å². The third kappa shape index (κ3) is 5.73. The number of carboxylic acid groups (broad SMARTS) is 1. The summed E-state index contributed by atoms with van der Waals surface area (Å²) in [5, 5.41) is 41.3. The van der Waals surface area contributed by atoms with Crippen LogP contribution in [0.1, 0.15) is 36.3 Å². The number of benzene rings is 2. The Balaban J connectivity index is 1.43. The first-order valence-electron chi connectivity index (χ1n) is 11.8. The minimum atomic E-state index is -1.73. The molecule has 1 amide bonds. The lowest BCUT2D eigenvalue weighted by Gasteiger charge is -2.45. The predicted octanol–water partition coefficient (Wildman–Crippen LogP) is 3.05. The van der Waals surface area contributed by atoms with Crippen molar-refractivity contribution in [2.24, 2.45) is 5.92 Å². The van der Waals surface area contributed by atoms with Gasteiger partial charge in [0.05, 0.1) is 18.8 Å². The maximum atomic E-state index is 12.8. The maximum absolute atomic E-state index is 12.8. The van der Waals surface area contributed by atoms with Gasteiger partial charge in [-0.25, -0.2) is 4.79 Å². The molecule has 0 unspecified atom stereocenters. The first kappa shape index (κ1) is 26.2. The van der Waals surface area contributed by atoms with Crippen molar-refractivity contribution in [3.05, 3.63) is 70.8 Å². The van der Waals surface area contributed by atoms with Crippen LogP contribution in [0.15, 0.2) is 54.6 Å². The second-order valence-electron chi connectivity index (χ2n) is 9.67. The zero-order valence-electron chi connectivity index (χ0n) is 19.8. The van der Waals surface area contributed by atoms with Crippen molar-refractivity contribution in [1.29, 1.82) is 0 Å². The van der Waals surface area contributed by atoms with Crippen LogP contribution < -0.4 is 0 Å². The summed E-state index contributed by atoms with van der Waals surface area (Å²) < 4.78 is 5.97. The third-order valence-corrected chi connectivity index (χ3v) is 7.46. The Morgan fingerprint density at radius 1 is 1.11 bits per heavy atom. The highest BCUT2D eigenvalue weighted by Gasteiger charge is 2.53. The van der Waals surface area contributed by atoms with E-state index in [-0.39, 0.29) is 37.0 Å². The molecular formula is C27H30ClNO7. The lowest BCUT2D eigenvalue weighted by atomic mass is 9.77. The monoisotopic (exact) mass is 515 g/mol. The molecule has 0 spiro atoms. The van der Waals surface area contributed by atoms with E-state index < -0.39 is 35.7 Å². The predicted molar refractivity (Wildman–Crippen MR) is 134 cm³/mol. The molecular weight excluding hydrogens is 486 g/mol. The van der Waals surface area contributed by atoms with Gasteiger partial charge in [-0.2, -0.15) is 0 Å². The number of aliphatic hydroxyl groups is 2. The van der Waals surface area contributed by atoms with Crippen molar-refractivity contribution in [3.8, 4) is 5.75 Å². The fourth-order valence-corrected chi connectivity index (χ4v) is 4.95. The van der Waals surface area contributed by atoms with Crippen molar-refractivity contribution in [2.45, 2.75) is 49.0 Å². The van der Waals surface area contributed by atoms with Crippen LogP contribution in [-0.4, -0.2) is 74.7 Å². The lowest BCUT2D eigenvalue weighted by Crippen LogP contribution is -2.62. The Labute approximate surface area is 214 Å². The van der Waals surface area contributed by atoms with Gasteiger partial charge in [-0.05, 0) is 59.7 Å². The van der Waals surface area contributed by atoms with Crippen LogP contribution in [0.25, 0.3) is 6.08 Å². The molecule has 4 rings (SSSR count). The average molecular weight is 516 g/mol. The number of ether oxygens (including phenoxy) is 1. The number of amides is 1. The van der Waals surface area contributed by atoms with Crippen molar-refractivity contribution in [1.82, 2.24) is 4.90 Å². The smallest absolute Gasteiger partial charge is 0.336 e. The molecule has 8 nitrogen and oxygen atoms in total. The number of halogens is 1. The van der Waals surface area contributed by atoms with Gasteiger partial charge in [-0.1, -0.05) is 35.9 Å². The Kier molecular flexibility index (Phi) is 7.70. The van der Waals surface area contributed by atoms with Gasteiger partial charge in [0.25, 0.3) is 0 Å². The molecule has 0 saturated heterocycles. The summed E-state index contributed by atoms with van der Waals surface area (Å²) in [7, 11) is 1.46. The van der Waals surface area contributed by atoms with E-state index in [1.54, 1.807) is 18.2 Å². The van der Waals surface area contributed by atoms with Gasteiger partial charge in [0.1, 0.15) is 11.9 Å². The Bertz CT molecular complexity index is 1120. The second-order valence-corrected chi connectivity index (χ2v) is 10.1. The highest BCUT2D eigenvalue weighted by Crippen LogP contribution is 2.49. The van der Waals surface area contributed by atoms with Gasteiger partial charge in [-0.15, -0.1) is 0 Å². The molecule has 2 aliphatic carbocycles. The zero-order chi connectivity index (χ0) is 26.0. The van der Waals surface area contributed by atoms with Crippen LogP contribution >= 0.6 is 11.6 Å². The molecule has 9 heteroatoms. The molecule has 0 aliphatic heterocycles. The Morgan fingerprint density at radius 3 is 2.42 bits per heavy atom. The number of likely N-dealkylation sites (N-methyl/N-ethyl adjacent to an activating group) is 1. The summed E-state index contributed by atoms with van der Waals surface area (Å²) in [5.41, 5.74) is 0.0628. The Hall–Kier alpha value is -2.91. The number of carboxylic acids is 1. The molecule has 4 N–H and O–H groups in total. The fourth-order valence-electron chi connectivity index (χ4n) is 4.83. The van der Waals surface area contributed by atoms with E-state index in [1.165, 1.54) is 30.2 Å². The summed E-state index contributed by atoms with van der Waals surface area (Å²) in [5.74, 6) is -1.21. The Morgan fingerprint density at radius 2 is 1.78 bits per heavy atom. The van der Waals surface area contributed by atoms with E-state index in [9.17, 15) is 30.0 Å². The normalized spacial score (nSPS) is 29.7. The van der Waals surface area contributed by atoms with Crippen molar-refractivity contribution >= 4 is 29.6 Å². The summed E-state index contributed by atoms with van der Waals surface area (Å²) in [6, 6.07) is 12.8. The SMILES string of the molecule is CN(C(=O)/C=C/c1ccc(O)cc1)[C@@H]1C[C@](OC[C@@H]2C[C@@H]2c2ccc(Cl)cc2)(C(=O)O)C[C@@H](O)[C@H]1O. The van der Waals surface area contributed by atoms with Gasteiger partial charge >= 0.3 is 5.97 Å². The van der Waals surface area contributed by atoms with Gasteiger partial charge in [0.2, 0.25) is 5.91 Å². The lowest BCUT2D eigenvalue weighted by molar-refractivity contribution is -0.194. The van der Waals surface area contributed by atoms with E-state index in [0.717, 1.165) is 12.0 Å². The second kappa shape index (κ2) is 10.6. The largest absolute Gasteiger partial charge is 0.508 e. The molecule has 0 radical (unpaired) electrons. The van der Waals surface area contributed by atoms with Gasteiger partial charge in [0, 0.05) is 31.0 Å². The number of hydrogen-bond donors (Lipinski definition) is 4. The molecule has 6 atom stereocenters. The van der Waals surface area contributed by atoms with Crippen LogP contribution in [0.4, 0.5) is 0 Å². The quantitative estimate of drug-likeness (QED) is 0.398. The number of nitrogens with zero attached hydrogens (tertiary/aromatic N) is 1. The third-order valence-electron chi connectivity index (χ3n) is 7.21. The summed E-state index contributed by atoms with van der Waals surface area (Å²) >= 11 is 5.96. The molecule has 0 aromatic heterocycles. The number of hydrogen-bond acceptors (Lipinski definition) is 6. The van der Waals surface area contributed by atoms with Crippen LogP contribution in [-0.2, 0) is 14.3 Å². The van der Waals surface area contributed by atoms with Crippen LogP contribution in [0.2, 0.25) is 5.02 Å². The number of phenols is 1. The molecule has 192 valence electrons. The molecule has 2 fully saturated rings. The van der Waals surface area contributed by atoms with Crippen molar-refractivity contribution in [3.63, 3.8) is 0 Å². The van der Waals surface area contributed by atoms with Gasteiger partial charge in [-0.3, -0.25) is 4.79 Å². The summed E-state index contributed by atoms with van der Waals surface area (Å²) in [6.07, 6.45) is 0.575. The van der Waals surface area contributed by atoms with E-state index in [1.807, 2.05) is 24.3 Å². The molecule has 2 aliphatic rings. The number of rotatable bonds is 8. The van der Waals surface area contributed by atoms with Crippen LogP contribution in [0, 0.1) is 5.92 Å². The number of phenolic OH excluding ortho intramolecular Hbond substituents is 1. The maximum Gasteiger partial charge on any atom is 0.336 e. The van der Waals surface area contributed by atoms with Gasteiger partial charge < -0.3 is 30.1 Å². The van der Waals surface area contributed by atoms with E-state index >= 15 is 0 Å². The highest BCUT2D eigenvalue weighted by atomic mass is 35.5. The zero-order valence-corrected chi connectivity index (χ0v) is 20.6. The molecule has 2 saturated carbocycles. The fraction of sp³-hybridized carbons (Fsp3) is 0.407. The molecule has 36 heavy (non-hydrogen) atoms. The summed E-state index contributed by atoms with van der Waals surface area (Å²) in [6.45, 7) is 0.188. The molecule has 2 aromatic carbocycles. The first-order valence-corrected chi connectivity index (χ1v) is 12.2. The molecule has 2 aromatic rings. The van der Waals surface area contributed by atoms with E-state index in [4.69, 9.17) is 16.3 Å². The number of carbonyl (C=O) groups excluding carboxylic acids is 1. The number of carbonyl (C=O) groups is 2. The number of aliphatic hydroxyl groups excluding tert-OH is 2. The average Bonchev–Trinajstić information content (AvgIpc) is 3.64.